The molecule has 20 heavy (non-hydrogen) atoms. The molecule has 0 bridgehead atoms. The summed E-state index contributed by atoms with van der Waals surface area (Å²) < 4.78 is 0.782. The van der Waals surface area contributed by atoms with E-state index in [1.54, 1.807) is 30.1 Å². The topological polar surface area (TPSA) is 20.3 Å². The van der Waals surface area contributed by atoms with Crippen LogP contribution in [-0.4, -0.2) is 13.0 Å². The number of benzene rings is 2. The van der Waals surface area contributed by atoms with Crippen LogP contribution in [0.4, 0.5) is 5.69 Å². The second kappa shape index (κ2) is 5.98. The van der Waals surface area contributed by atoms with E-state index in [9.17, 15) is 4.79 Å². The Balaban J connectivity index is 2.34. The molecule has 0 spiro atoms. The zero-order valence-corrected chi connectivity index (χ0v) is 13.9. The van der Waals surface area contributed by atoms with Crippen molar-refractivity contribution < 1.29 is 4.79 Å². The van der Waals surface area contributed by atoms with E-state index < -0.39 is 0 Å². The summed E-state index contributed by atoms with van der Waals surface area (Å²) in [6.45, 7) is 4.04. The lowest BCUT2D eigenvalue weighted by Gasteiger charge is -2.19. The van der Waals surface area contributed by atoms with E-state index in [0.717, 1.165) is 21.3 Å². The molecule has 0 saturated heterocycles. The third kappa shape index (κ3) is 3.22. The van der Waals surface area contributed by atoms with Crippen LogP contribution in [-0.2, 0) is 0 Å². The average molecular weight is 353 g/mol. The molecule has 0 aromatic heterocycles. The predicted molar refractivity (Wildman–Crippen MR) is 87.8 cm³/mol. The number of amides is 1. The van der Waals surface area contributed by atoms with Gasteiger partial charge in [-0.2, -0.15) is 0 Å². The Morgan fingerprint density at radius 2 is 1.70 bits per heavy atom. The van der Waals surface area contributed by atoms with Crippen molar-refractivity contribution >= 4 is 39.1 Å². The molecule has 2 aromatic rings. The van der Waals surface area contributed by atoms with E-state index in [1.807, 2.05) is 26.0 Å². The predicted octanol–water partition coefficient (Wildman–Crippen LogP) is 5.00. The number of hydrogen-bond donors (Lipinski definition) is 0. The van der Waals surface area contributed by atoms with Crippen LogP contribution in [0.5, 0.6) is 0 Å². The molecule has 0 radical (unpaired) electrons. The number of nitrogens with zero attached hydrogens (tertiary/aromatic N) is 1. The molecule has 2 nitrogen and oxygen atoms in total. The van der Waals surface area contributed by atoms with E-state index >= 15 is 0 Å². The van der Waals surface area contributed by atoms with Gasteiger partial charge in [-0.15, -0.1) is 0 Å². The van der Waals surface area contributed by atoms with Crippen LogP contribution in [0.2, 0.25) is 5.02 Å². The molecule has 4 heteroatoms. The van der Waals surface area contributed by atoms with Crippen molar-refractivity contribution in [3.05, 3.63) is 62.6 Å². The van der Waals surface area contributed by atoms with Crippen LogP contribution in [0.25, 0.3) is 0 Å². The van der Waals surface area contributed by atoms with E-state index in [2.05, 4.69) is 22.0 Å². The lowest BCUT2D eigenvalue weighted by atomic mass is 10.1. The van der Waals surface area contributed by atoms with E-state index in [0.29, 0.717) is 10.6 Å². The summed E-state index contributed by atoms with van der Waals surface area (Å²) in [5.74, 6) is -0.0793. The monoisotopic (exact) mass is 351 g/mol. The van der Waals surface area contributed by atoms with E-state index in [-0.39, 0.29) is 5.91 Å². The number of carbonyl (C=O) groups is 1. The molecule has 0 fully saturated rings. The second-order valence-electron chi connectivity index (χ2n) is 4.84. The molecular formula is C16H15BrClNO. The molecule has 0 unspecified atom stereocenters. The van der Waals surface area contributed by atoms with Crippen molar-refractivity contribution in [3.8, 4) is 0 Å². The fraction of sp³-hybridized carbons (Fsp3) is 0.188. The lowest BCUT2D eigenvalue weighted by Crippen LogP contribution is -2.26. The van der Waals surface area contributed by atoms with Crippen LogP contribution in [0.1, 0.15) is 21.5 Å². The average Bonchev–Trinajstić information content (AvgIpc) is 2.39. The number of rotatable bonds is 2. The molecule has 0 aliphatic carbocycles. The van der Waals surface area contributed by atoms with Gasteiger partial charge < -0.3 is 4.90 Å². The van der Waals surface area contributed by atoms with Gasteiger partial charge in [0.2, 0.25) is 0 Å². The Morgan fingerprint density at radius 1 is 1.10 bits per heavy atom. The summed E-state index contributed by atoms with van der Waals surface area (Å²) in [5, 5.41) is 0.532. The van der Waals surface area contributed by atoms with Crippen molar-refractivity contribution in [2.45, 2.75) is 13.8 Å². The number of aryl methyl sites for hydroxylation is 2. The third-order valence-electron chi connectivity index (χ3n) is 3.06. The van der Waals surface area contributed by atoms with Crippen molar-refractivity contribution in [2.24, 2.45) is 0 Å². The summed E-state index contributed by atoms with van der Waals surface area (Å²) >= 11 is 9.36. The fourth-order valence-electron chi connectivity index (χ4n) is 2.08. The molecule has 0 N–H and O–H groups in total. The normalized spacial score (nSPS) is 10.4. The van der Waals surface area contributed by atoms with Gasteiger partial charge in [0.15, 0.2) is 0 Å². The number of halogens is 2. The molecule has 0 aliphatic rings. The fourth-order valence-corrected chi connectivity index (χ4v) is 2.51. The van der Waals surface area contributed by atoms with Crippen LogP contribution in [0.3, 0.4) is 0 Å². The summed E-state index contributed by atoms with van der Waals surface area (Å²) in [6.07, 6.45) is 0. The maximum Gasteiger partial charge on any atom is 0.258 e. The van der Waals surface area contributed by atoms with Crippen molar-refractivity contribution in [3.63, 3.8) is 0 Å². The second-order valence-corrected chi connectivity index (χ2v) is 6.10. The highest BCUT2D eigenvalue weighted by atomic mass is 79.9. The highest BCUT2D eigenvalue weighted by Gasteiger charge is 2.15. The number of hydrogen-bond acceptors (Lipinski definition) is 1. The maximum atomic E-state index is 12.5. The van der Waals surface area contributed by atoms with Gasteiger partial charge in [0, 0.05) is 22.8 Å². The smallest absolute Gasteiger partial charge is 0.258 e. The molecule has 2 aromatic carbocycles. The SMILES string of the molecule is Cc1cc(C)cc(N(C)C(=O)c2ccc(Br)c(Cl)c2)c1. The van der Waals surface area contributed by atoms with Gasteiger partial charge in [-0.1, -0.05) is 17.7 Å². The first-order valence-corrected chi connectivity index (χ1v) is 7.37. The van der Waals surface area contributed by atoms with Gasteiger partial charge in [-0.3, -0.25) is 4.79 Å². The van der Waals surface area contributed by atoms with Gasteiger partial charge in [-0.25, -0.2) is 0 Å². The Hall–Kier alpha value is -1.32. The minimum atomic E-state index is -0.0793. The number of carbonyl (C=O) groups excluding carboxylic acids is 1. The van der Waals surface area contributed by atoms with E-state index in [4.69, 9.17) is 11.6 Å². The van der Waals surface area contributed by atoms with Gasteiger partial charge in [0.05, 0.1) is 5.02 Å². The van der Waals surface area contributed by atoms with Crippen LogP contribution < -0.4 is 4.90 Å². The van der Waals surface area contributed by atoms with Crippen molar-refractivity contribution in [1.29, 1.82) is 0 Å². The molecule has 1 amide bonds. The van der Waals surface area contributed by atoms with Gasteiger partial charge in [0.1, 0.15) is 0 Å². The van der Waals surface area contributed by atoms with Gasteiger partial charge >= 0.3 is 0 Å². The molecule has 2 rings (SSSR count). The van der Waals surface area contributed by atoms with Gasteiger partial charge in [-0.05, 0) is 71.2 Å². The number of anilines is 1. The standard InChI is InChI=1S/C16H15BrClNO/c1-10-6-11(2)8-13(7-10)19(3)16(20)12-4-5-14(17)15(18)9-12/h4-9H,1-3H3. The minimum Gasteiger partial charge on any atom is -0.311 e. The highest BCUT2D eigenvalue weighted by Crippen LogP contribution is 2.25. The Morgan fingerprint density at radius 3 is 2.25 bits per heavy atom. The van der Waals surface area contributed by atoms with Crippen LogP contribution in [0.15, 0.2) is 40.9 Å². The van der Waals surface area contributed by atoms with E-state index in [1.165, 1.54) is 0 Å². The maximum absolute atomic E-state index is 12.5. The van der Waals surface area contributed by atoms with Crippen LogP contribution >= 0.6 is 27.5 Å². The van der Waals surface area contributed by atoms with Gasteiger partial charge in [0.25, 0.3) is 5.91 Å². The Labute approximate surface area is 132 Å². The Bertz CT molecular complexity index is 649. The molecule has 0 saturated carbocycles. The molecule has 0 atom stereocenters. The first kappa shape index (κ1) is 15.1. The Kier molecular flexibility index (Phi) is 4.51. The molecule has 0 aliphatic heterocycles. The highest BCUT2D eigenvalue weighted by molar-refractivity contribution is 9.10. The van der Waals surface area contributed by atoms with Crippen LogP contribution in [0, 0.1) is 13.8 Å². The third-order valence-corrected chi connectivity index (χ3v) is 4.30. The van der Waals surface area contributed by atoms with Crippen molar-refractivity contribution in [1.82, 2.24) is 0 Å². The van der Waals surface area contributed by atoms with Crippen molar-refractivity contribution in [2.75, 3.05) is 11.9 Å². The first-order chi connectivity index (χ1) is 9.38. The minimum absolute atomic E-state index is 0.0793. The quantitative estimate of drug-likeness (QED) is 0.745. The molecule has 0 heterocycles. The molecule has 104 valence electrons. The largest absolute Gasteiger partial charge is 0.311 e. The summed E-state index contributed by atoms with van der Waals surface area (Å²) in [4.78, 5) is 14.1. The summed E-state index contributed by atoms with van der Waals surface area (Å²) in [7, 11) is 1.77. The zero-order valence-electron chi connectivity index (χ0n) is 11.6. The summed E-state index contributed by atoms with van der Waals surface area (Å²) in [6, 6.07) is 11.3. The molecular weight excluding hydrogens is 338 g/mol. The lowest BCUT2D eigenvalue weighted by molar-refractivity contribution is 0.0993. The first-order valence-electron chi connectivity index (χ1n) is 6.20. The zero-order chi connectivity index (χ0) is 14.9. The summed E-state index contributed by atoms with van der Waals surface area (Å²) in [5.41, 5.74) is 3.72.